The van der Waals surface area contributed by atoms with Crippen molar-refractivity contribution in [1.82, 2.24) is 5.32 Å². The van der Waals surface area contributed by atoms with Crippen LogP contribution in [-0.4, -0.2) is 22.5 Å². The molecule has 0 spiro atoms. The van der Waals surface area contributed by atoms with Crippen molar-refractivity contribution in [1.29, 1.82) is 0 Å². The van der Waals surface area contributed by atoms with E-state index < -0.39 is 10.8 Å². The largest absolute Gasteiger partial charge is 0.315 e. The van der Waals surface area contributed by atoms with Crippen molar-refractivity contribution in [3.63, 3.8) is 0 Å². The summed E-state index contributed by atoms with van der Waals surface area (Å²) in [5.74, 6) is -0.362. The summed E-state index contributed by atoms with van der Waals surface area (Å²) in [7, 11) is 0.611. The molecule has 1 aromatic carbocycles. The second-order valence-electron chi connectivity index (χ2n) is 5.91. The van der Waals surface area contributed by atoms with E-state index in [4.69, 9.17) is 0 Å². The molecule has 2 rings (SSSR count). The molecule has 3 atom stereocenters. The third-order valence-electron chi connectivity index (χ3n) is 4.16. The highest BCUT2D eigenvalue weighted by Gasteiger charge is 2.41. The summed E-state index contributed by atoms with van der Waals surface area (Å²) in [6.45, 7) is 4.39. The first kappa shape index (κ1) is 14.7. The van der Waals surface area contributed by atoms with Gasteiger partial charge in [-0.25, -0.2) is 4.39 Å². The average Bonchev–Trinajstić information content (AvgIpc) is 2.37. The first-order valence-corrected chi connectivity index (χ1v) is 8.01. The highest BCUT2D eigenvalue weighted by atomic mass is 32.2. The van der Waals surface area contributed by atoms with Gasteiger partial charge in [0.2, 0.25) is 0 Å². The maximum atomic E-state index is 13.8. The SMILES string of the molecule is CNC1C(S(=O)c2ccccc2F)CCCC1(C)C. The van der Waals surface area contributed by atoms with Gasteiger partial charge in [0.05, 0.1) is 20.9 Å². The van der Waals surface area contributed by atoms with E-state index in [9.17, 15) is 8.60 Å². The van der Waals surface area contributed by atoms with E-state index in [2.05, 4.69) is 19.2 Å². The van der Waals surface area contributed by atoms with E-state index in [1.807, 2.05) is 7.05 Å². The molecule has 2 nitrogen and oxygen atoms in total. The van der Waals surface area contributed by atoms with E-state index >= 15 is 0 Å². The molecule has 1 saturated carbocycles. The van der Waals surface area contributed by atoms with Crippen LogP contribution in [0.25, 0.3) is 0 Å². The van der Waals surface area contributed by atoms with Crippen LogP contribution in [0.5, 0.6) is 0 Å². The standard InChI is InChI=1S/C15H22FNOS/c1-15(2)10-6-9-13(14(15)17-3)19(18)12-8-5-4-7-11(12)16/h4-5,7-8,13-14,17H,6,9-10H2,1-3H3. The van der Waals surface area contributed by atoms with E-state index in [-0.39, 0.29) is 22.5 Å². The van der Waals surface area contributed by atoms with Gasteiger partial charge in [0.25, 0.3) is 0 Å². The predicted molar refractivity (Wildman–Crippen MR) is 77.1 cm³/mol. The molecule has 0 aromatic heterocycles. The lowest BCUT2D eigenvalue weighted by molar-refractivity contribution is 0.180. The van der Waals surface area contributed by atoms with Crippen LogP contribution in [0, 0.1) is 11.2 Å². The Morgan fingerprint density at radius 2 is 2.05 bits per heavy atom. The zero-order valence-corrected chi connectivity index (χ0v) is 12.6. The molecule has 19 heavy (non-hydrogen) atoms. The molecule has 1 fully saturated rings. The van der Waals surface area contributed by atoms with Crippen LogP contribution in [0.2, 0.25) is 0 Å². The van der Waals surface area contributed by atoms with Gasteiger partial charge >= 0.3 is 0 Å². The lowest BCUT2D eigenvalue weighted by atomic mass is 9.73. The number of hydrogen-bond donors (Lipinski definition) is 1. The summed E-state index contributed by atoms with van der Waals surface area (Å²) in [5, 5.41) is 3.28. The number of nitrogens with one attached hydrogen (secondary N) is 1. The molecular weight excluding hydrogens is 261 g/mol. The van der Waals surface area contributed by atoms with E-state index in [1.165, 1.54) is 6.07 Å². The van der Waals surface area contributed by atoms with Crippen molar-refractivity contribution in [2.75, 3.05) is 7.05 Å². The van der Waals surface area contributed by atoms with Gasteiger partial charge in [-0.1, -0.05) is 32.4 Å². The number of halogens is 1. The Kier molecular flexibility index (Phi) is 4.41. The zero-order chi connectivity index (χ0) is 14.0. The second kappa shape index (κ2) is 5.71. The Morgan fingerprint density at radius 3 is 2.68 bits per heavy atom. The van der Waals surface area contributed by atoms with Crippen LogP contribution in [0.15, 0.2) is 29.2 Å². The fourth-order valence-electron chi connectivity index (χ4n) is 3.16. The second-order valence-corrected chi connectivity index (χ2v) is 7.55. The fraction of sp³-hybridized carbons (Fsp3) is 0.600. The molecular formula is C15H22FNOS. The topological polar surface area (TPSA) is 29.1 Å². The third kappa shape index (κ3) is 2.90. The van der Waals surface area contributed by atoms with Gasteiger partial charge in [0, 0.05) is 6.04 Å². The summed E-state index contributed by atoms with van der Waals surface area (Å²) in [6, 6.07) is 6.56. The van der Waals surface area contributed by atoms with Crippen LogP contribution < -0.4 is 5.32 Å². The van der Waals surface area contributed by atoms with Crippen LogP contribution in [-0.2, 0) is 10.8 Å². The number of rotatable bonds is 3. The maximum absolute atomic E-state index is 13.8. The van der Waals surface area contributed by atoms with Gasteiger partial charge in [-0.3, -0.25) is 4.21 Å². The maximum Gasteiger partial charge on any atom is 0.139 e. The van der Waals surface area contributed by atoms with Crippen molar-refractivity contribution in [3.8, 4) is 0 Å². The Morgan fingerprint density at radius 1 is 1.37 bits per heavy atom. The van der Waals surface area contributed by atoms with E-state index in [0.717, 1.165) is 19.3 Å². The van der Waals surface area contributed by atoms with Crippen LogP contribution in [0.4, 0.5) is 4.39 Å². The Hall–Kier alpha value is -0.740. The minimum atomic E-state index is -1.30. The van der Waals surface area contributed by atoms with Gasteiger partial charge in [-0.05, 0) is 37.4 Å². The molecule has 0 aliphatic heterocycles. The molecule has 1 N–H and O–H groups in total. The lowest BCUT2D eigenvalue weighted by Gasteiger charge is -2.43. The summed E-state index contributed by atoms with van der Waals surface area (Å²) >= 11 is 0. The van der Waals surface area contributed by atoms with Crippen LogP contribution in [0.3, 0.4) is 0 Å². The van der Waals surface area contributed by atoms with E-state index in [1.54, 1.807) is 18.2 Å². The van der Waals surface area contributed by atoms with Crippen molar-refractivity contribution >= 4 is 10.8 Å². The fourth-order valence-corrected chi connectivity index (χ4v) is 5.09. The molecule has 0 bridgehead atoms. The van der Waals surface area contributed by atoms with Gasteiger partial charge in [-0.15, -0.1) is 0 Å². The quantitative estimate of drug-likeness (QED) is 0.923. The predicted octanol–water partition coefficient (Wildman–Crippen LogP) is 3.10. The van der Waals surface area contributed by atoms with Crippen molar-refractivity contribution in [2.45, 2.75) is 49.3 Å². The van der Waals surface area contributed by atoms with Crippen molar-refractivity contribution < 1.29 is 8.60 Å². The first-order valence-electron chi connectivity index (χ1n) is 6.80. The smallest absolute Gasteiger partial charge is 0.139 e. The minimum absolute atomic E-state index is 0.0225. The van der Waals surface area contributed by atoms with Gasteiger partial charge in [-0.2, -0.15) is 0 Å². The van der Waals surface area contributed by atoms with Crippen molar-refractivity contribution in [2.24, 2.45) is 5.41 Å². The summed E-state index contributed by atoms with van der Waals surface area (Å²) in [5.41, 5.74) is 0.0958. The van der Waals surface area contributed by atoms with Crippen molar-refractivity contribution in [3.05, 3.63) is 30.1 Å². The molecule has 3 unspecified atom stereocenters. The van der Waals surface area contributed by atoms with Crippen LogP contribution in [0.1, 0.15) is 33.1 Å². The molecule has 0 radical (unpaired) electrons. The Labute approximate surface area is 117 Å². The molecule has 1 aliphatic carbocycles. The first-order chi connectivity index (χ1) is 8.97. The van der Waals surface area contributed by atoms with Gasteiger partial charge in [0.1, 0.15) is 5.82 Å². The molecule has 0 heterocycles. The van der Waals surface area contributed by atoms with Gasteiger partial charge in [0.15, 0.2) is 0 Å². The van der Waals surface area contributed by atoms with E-state index in [0.29, 0.717) is 4.90 Å². The Balaban J connectivity index is 2.30. The molecule has 0 amide bonds. The summed E-state index contributed by atoms with van der Waals surface area (Å²) < 4.78 is 26.5. The lowest BCUT2D eigenvalue weighted by Crippen LogP contribution is -2.52. The normalized spacial score (nSPS) is 28.0. The van der Waals surface area contributed by atoms with Crippen LogP contribution >= 0.6 is 0 Å². The number of hydrogen-bond acceptors (Lipinski definition) is 2. The molecule has 106 valence electrons. The van der Waals surface area contributed by atoms with Gasteiger partial charge < -0.3 is 5.32 Å². The highest BCUT2D eigenvalue weighted by Crippen LogP contribution is 2.39. The molecule has 4 heteroatoms. The number of benzene rings is 1. The molecule has 0 saturated heterocycles. The summed E-state index contributed by atoms with van der Waals surface area (Å²) in [6.07, 6.45) is 3.05. The molecule has 1 aromatic rings. The Bertz CT molecular complexity index is 475. The monoisotopic (exact) mass is 283 g/mol. The molecule has 1 aliphatic rings. The third-order valence-corrected chi connectivity index (χ3v) is 5.99. The minimum Gasteiger partial charge on any atom is -0.315 e. The summed E-state index contributed by atoms with van der Waals surface area (Å²) in [4.78, 5) is 0.338. The zero-order valence-electron chi connectivity index (χ0n) is 11.8. The highest BCUT2D eigenvalue weighted by molar-refractivity contribution is 7.85. The average molecular weight is 283 g/mol.